The Morgan fingerprint density at radius 1 is 1.33 bits per heavy atom. The van der Waals surface area contributed by atoms with Gasteiger partial charge in [-0.2, -0.15) is 0 Å². The first-order valence-corrected chi connectivity index (χ1v) is 7.58. The number of benzene rings is 1. The molecule has 0 aromatic heterocycles. The number of hydrogen-bond acceptors (Lipinski definition) is 3. The summed E-state index contributed by atoms with van der Waals surface area (Å²) in [6.45, 7) is 4.73. The first-order valence-electron chi connectivity index (χ1n) is 7.58. The summed E-state index contributed by atoms with van der Waals surface area (Å²) in [5.74, 6) is 0.601. The second kappa shape index (κ2) is 7.78. The number of anilines is 1. The van der Waals surface area contributed by atoms with Crippen LogP contribution in [0.2, 0.25) is 0 Å². The number of imide groups is 1. The van der Waals surface area contributed by atoms with Crippen LogP contribution in [-0.2, 0) is 4.79 Å². The third-order valence-corrected chi connectivity index (χ3v) is 3.89. The lowest BCUT2D eigenvalue weighted by molar-refractivity contribution is -0.108. The summed E-state index contributed by atoms with van der Waals surface area (Å²) in [5.41, 5.74) is 2.15. The molecule has 5 nitrogen and oxygen atoms in total. The zero-order chi connectivity index (χ0) is 15.1. The highest BCUT2D eigenvalue weighted by Gasteiger charge is 2.17. The molecule has 21 heavy (non-hydrogen) atoms. The molecule has 2 rings (SSSR count). The molecule has 1 aromatic carbocycles. The fraction of sp³-hybridized carbons (Fsp3) is 0.500. The number of carbonyl (C=O) groups excluding carboxylic acids is 2. The number of rotatable bonds is 5. The van der Waals surface area contributed by atoms with Crippen LogP contribution in [0.5, 0.6) is 0 Å². The standard InChI is InChI=1S/C16H23N3O2/c1-2-11-19(16(21)18-12-20)15-5-3-13(4-6-15)14-7-9-17-10-8-14/h3-6,12,14,17H,2,7-11H2,1H3,(H,18,20,21). The molecule has 1 aliphatic heterocycles. The summed E-state index contributed by atoms with van der Waals surface area (Å²) < 4.78 is 0. The highest BCUT2D eigenvalue weighted by molar-refractivity contribution is 5.97. The molecule has 0 aliphatic carbocycles. The van der Waals surface area contributed by atoms with E-state index in [4.69, 9.17) is 0 Å². The molecule has 114 valence electrons. The average molecular weight is 289 g/mol. The minimum atomic E-state index is -0.374. The Labute approximate surface area is 125 Å². The zero-order valence-electron chi connectivity index (χ0n) is 12.5. The Bertz CT molecular complexity index is 467. The molecule has 2 N–H and O–H groups in total. The maximum atomic E-state index is 11.9. The van der Waals surface area contributed by atoms with Crippen LogP contribution in [0.4, 0.5) is 10.5 Å². The maximum Gasteiger partial charge on any atom is 0.328 e. The first-order chi connectivity index (χ1) is 10.3. The number of hydrogen-bond donors (Lipinski definition) is 2. The van der Waals surface area contributed by atoms with Gasteiger partial charge < -0.3 is 5.32 Å². The van der Waals surface area contributed by atoms with Gasteiger partial charge in [0.1, 0.15) is 0 Å². The van der Waals surface area contributed by atoms with Gasteiger partial charge in [-0.15, -0.1) is 0 Å². The lowest BCUT2D eigenvalue weighted by atomic mass is 9.90. The van der Waals surface area contributed by atoms with Gasteiger partial charge in [-0.3, -0.25) is 15.0 Å². The second-order valence-corrected chi connectivity index (χ2v) is 5.33. The number of carbonyl (C=O) groups is 2. The van der Waals surface area contributed by atoms with E-state index in [0.29, 0.717) is 18.9 Å². The second-order valence-electron chi connectivity index (χ2n) is 5.33. The molecule has 0 saturated carbocycles. The van der Waals surface area contributed by atoms with E-state index < -0.39 is 0 Å². The van der Waals surface area contributed by atoms with Crippen molar-refractivity contribution in [3.63, 3.8) is 0 Å². The van der Waals surface area contributed by atoms with Crippen molar-refractivity contribution < 1.29 is 9.59 Å². The van der Waals surface area contributed by atoms with Crippen molar-refractivity contribution in [1.82, 2.24) is 10.6 Å². The highest BCUT2D eigenvalue weighted by atomic mass is 16.2. The third kappa shape index (κ3) is 4.04. The Hall–Kier alpha value is -1.88. The number of nitrogens with one attached hydrogen (secondary N) is 2. The fourth-order valence-electron chi connectivity index (χ4n) is 2.78. The Kier molecular flexibility index (Phi) is 5.75. The molecule has 0 unspecified atom stereocenters. The normalized spacial score (nSPS) is 15.5. The van der Waals surface area contributed by atoms with Crippen molar-refractivity contribution in [2.75, 3.05) is 24.5 Å². The van der Waals surface area contributed by atoms with Crippen molar-refractivity contribution >= 4 is 18.1 Å². The largest absolute Gasteiger partial charge is 0.328 e. The van der Waals surface area contributed by atoms with Gasteiger partial charge in [0, 0.05) is 12.2 Å². The Morgan fingerprint density at radius 2 is 2.00 bits per heavy atom. The SMILES string of the molecule is CCCN(C(=O)NC=O)c1ccc(C2CCNCC2)cc1. The number of nitrogens with zero attached hydrogens (tertiary/aromatic N) is 1. The average Bonchev–Trinajstić information content (AvgIpc) is 2.54. The molecule has 1 aromatic rings. The van der Waals surface area contributed by atoms with E-state index in [1.165, 1.54) is 5.56 Å². The molecule has 0 radical (unpaired) electrons. The quantitative estimate of drug-likeness (QED) is 0.817. The van der Waals surface area contributed by atoms with Crippen molar-refractivity contribution in [3.05, 3.63) is 29.8 Å². The molecular weight excluding hydrogens is 266 g/mol. The molecule has 0 atom stereocenters. The predicted octanol–water partition coefficient (Wildman–Crippen LogP) is 2.24. The number of urea groups is 1. The summed E-state index contributed by atoms with van der Waals surface area (Å²) in [4.78, 5) is 23.9. The van der Waals surface area contributed by atoms with Crippen LogP contribution in [0.15, 0.2) is 24.3 Å². The van der Waals surface area contributed by atoms with Gasteiger partial charge >= 0.3 is 6.03 Å². The topological polar surface area (TPSA) is 61.4 Å². The fourth-order valence-corrected chi connectivity index (χ4v) is 2.78. The van der Waals surface area contributed by atoms with Crippen molar-refractivity contribution in [2.45, 2.75) is 32.1 Å². The summed E-state index contributed by atoms with van der Waals surface area (Å²) in [7, 11) is 0. The number of piperidine rings is 1. The van der Waals surface area contributed by atoms with E-state index in [9.17, 15) is 9.59 Å². The number of amides is 3. The van der Waals surface area contributed by atoms with Gasteiger partial charge in [0.05, 0.1) is 0 Å². The van der Waals surface area contributed by atoms with Gasteiger partial charge in [0.25, 0.3) is 0 Å². The highest BCUT2D eigenvalue weighted by Crippen LogP contribution is 2.27. The van der Waals surface area contributed by atoms with Gasteiger partial charge in [-0.05, 0) is 56.0 Å². The monoisotopic (exact) mass is 289 g/mol. The summed E-state index contributed by atoms with van der Waals surface area (Å²) in [6.07, 6.45) is 3.57. The molecule has 1 saturated heterocycles. The molecule has 1 heterocycles. The Morgan fingerprint density at radius 3 is 2.57 bits per heavy atom. The smallest absolute Gasteiger partial charge is 0.317 e. The van der Waals surface area contributed by atoms with Gasteiger partial charge in [-0.25, -0.2) is 4.79 Å². The summed E-state index contributed by atoms with van der Waals surface area (Å²) >= 11 is 0. The van der Waals surface area contributed by atoms with Gasteiger partial charge in [0.2, 0.25) is 6.41 Å². The molecule has 1 aliphatic rings. The van der Waals surface area contributed by atoms with Gasteiger partial charge in [-0.1, -0.05) is 19.1 Å². The summed E-state index contributed by atoms with van der Waals surface area (Å²) in [6, 6.07) is 7.76. The lowest BCUT2D eigenvalue weighted by Gasteiger charge is -2.25. The van der Waals surface area contributed by atoms with Crippen molar-refractivity contribution in [3.8, 4) is 0 Å². The van der Waals surface area contributed by atoms with Crippen LogP contribution in [-0.4, -0.2) is 32.1 Å². The van der Waals surface area contributed by atoms with Crippen LogP contribution in [0.3, 0.4) is 0 Å². The van der Waals surface area contributed by atoms with Crippen LogP contribution < -0.4 is 15.5 Å². The van der Waals surface area contributed by atoms with E-state index >= 15 is 0 Å². The van der Waals surface area contributed by atoms with Crippen molar-refractivity contribution in [1.29, 1.82) is 0 Å². The van der Waals surface area contributed by atoms with Crippen LogP contribution in [0.1, 0.15) is 37.7 Å². The summed E-state index contributed by atoms with van der Waals surface area (Å²) in [5, 5.41) is 5.57. The molecule has 0 spiro atoms. The minimum absolute atomic E-state index is 0.374. The van der Waals surface area contributed by atoms with Crippen LogP contribution in [0, 0.1) is 0 Å². The van der Waals surface area contributed by atoms with E-state index in [1.807, 2.05) is 19.1 Å². The third-order valence-electron chi connectivity index (χ3n) is 3.89. The maximum absolute atomic E-state index is 11.9. The first kappa shape index (κ1) is 15.5. The molecule has 0 bridgehead atoms. The lowest BCUT2D eigenvalue weighted by Crippen LogP contribution is -2.39. The van der Waals surface area contributed by atoms with E-state index in [2.05, 4.69) is 22.8 Å². The molecule has 3 amide bonds. The van der Waals surface area contributed by atoms with E-state index in [-0.39, 0.29) is 6.03 Å². The predicted molar refractivity (Wildman–Crippen MR) is 83.5 cm³/mol. The molecular formula is C16H23N3O2. The minimum Gasteiger partial charge on any atom is -0.317 e. The van der Waals surface area contributed by atoms with Crippen LogP contribution >= 0.6 is 0 Å². The van der Waals surface area contributed by atoms with Crippen molar-refractivity contribution in [2.24, 2.45) is 0 Å². The van der Waals surface area contributed by atoms with Gasteiger partial charge in [0.15, 0.2) is 0 Å². The Balaban J connectivity index is 2.10. The van der Waals surface area contributed by atoms with Crippen LogP contribution in [0.25, 0.3) is 0 Å². The molecule has 5 heteroatoms. The molecule has 1 fully saturated rings. The van der Waals surface area contributed by atoms with E-state index in [1.54, 1.807) is 4.90 Å². The van der Waals surface area contributed by atoms with E-state index in [0.717, 1.165) is 38.0 Å². The zero-order valence-corrected chi connectivity index (χ0v) is 12.5.